The third-order valence-electron chi connectivity index (χ3n) is 1.77. The van der Waals surface area contributed by atoms with Crippen LogP contribution in [0.4, 0.5) is 5.82 Å². The van der Waals surface area contributed by atoms with Gasteiger partial charge in [0.1, 0.15) is 5.82 Å². The Kier molecular flexibility index (Phi) is 4.09. The number of nitrogens with one attached hydrogen (secondary N) is 1. The molecule has 1 rings (SSSR count). The first-order valence-electron chi connectivity index (χ1n) is 4.61. The Morgan fingerprint density at radius 3 is 3.00 bits per heavy atom. The molecule has 72 valence electrons. The summed E-state index contributed by atoms with van der Waals surface area (Å²) >= 11 is 0. The van der Waals surface area contributed by atoms with E-state index in [0.29, 0.717) is 5.88 Å². The van der Waals surface area contributed by atoms with E-state index in [4.69, 9.17) is 4.74 Å². The van der Waals surface area contributed by atoms with Gasteiger partial charge in [-0.3, -0.25) is 0 Å². The maximum atomic E-state index is 5.01. The number of ether oxygens (including phenoxy) is 1. The summed E-state index contributed by atoms with van der Waals surface area (Å²) < 4.78 is 5.01. The minimum atomic E-state index is 0.654. The molecule has 0 saturated heterocycles. The van der Waals surface area contributed by atoms with Gasteiger partial charge in [0.2, 0.25) is 5.88 Å². The van der Waals surface area contributed by atoms with Crippen molar-refractivity contribution < 1.29 is 4.74 Å². The smallest absolute Gasteiger partial charge is 0.214 e. The van der Waals surface area contributed by atoms with Crippen molar-refractivity contribution in [2.24, 2.45) is 0 Å². The van der Waals surface area contributed by atoms with Gasteiger partial charge in [-0.1, -0.05) is 19.4 Å². The molecule has 0 aliphatic carbocycles. The summed E-state index contributed by atoms with van der Waals surface area (Å²) in [6.07, 6.45) is 2.36. The molecule has 1 aromatic rings. The summed E-state index contributed by atoms with van der Waals surface area (Å²) in [4.78, 5) is 4.23. The number of nitrogens with zero attached hydrogens (tertiary/aromatic N) is 1. The van der Waals surface area contributed by atoms with Crippen LogP contribution in [0.25, 0.3) is 0 Å². The van der Waals surface area contributed by atoms with Gasteiger partial charge >= 0.3 is 0 Å². The number of hydrogen-bond acceptors (Lipinski definition) is 3. The highest BCUT2D eigenvalue weighted by molar-refractivity contribution is 5.36. The van der Waals surface area contributed by atoms with Crippen molar-refractivity contribution in [3.8, 4) is 5.88 Å². The van der Waals surface area contributed by atoms with Crippen LogP contribution in [0, 0.1) is 0 Å². The molecule has 0 saturated carbocycles. The average Bonchev–Trinajstić information content (AvgIpc) is 2.19. The lowest BCUT2D eigenvalue weighted by Crippen LogP contribution is -2.02. The van der Waals surface area contributed by atoms with E-state index in [-0.39, 0.29) is 0 Å². The van der Waals surface area contributed by atoms with Crippen molar-refractivity contribution in [2.45, 2.75) is 19.8 Å². The lowest BCUT2D eigenvalue weighted by Gasteiger charge is -2.05. The fraction of sp³-hybridized carbons (Fsp3) is 0.500. The molecule has 3 nitrogen and oxygen atoms in total. The minimum Gasteiger partial charge on any atom is -0.481 e. The lowest BCUT2D eigenvalue weighted by molar-refractivity contribution is 0.398. The van der Waals surface area contributed by atoms with E-state index in [9.17, 15) is 0 Å². The predicted molar refractivity (Wildman–Crippen MR) is 54.2 cm³/mol. The molecule has 1 heterocycles. The summed E-state index contributed by atoms with van der Waals surface area (Å²) in [5, 5.41) is 3.23. The number of methoxy groups -OCH3 is 1. The molecule has 0 spiro atoms. The van der Waals surface area contributed by atoms with Gasteiger partial charge in [-0.05, 0) is 12.5 Å². The van der Waals surface area contributed by atoms with Crippen molar-refractivity contribution in [3.05, 3.63) is 18.2 Å². The van der Waals surface area contributed by atoms with Gasteiger partial charge in [0.25, 0.3) is 0 Å². The Morgan fingerprint density at radius 1 is 1.46 bits per heavy atom. The van der Waals surface area contributed by atoms with Crippen molar-refractivity contribution in [1.29, 1.82) is 0 Å². The highest BCUT2D eigenvalue weighted by Gasteiger charge is 1.94. The van der Waals surface area contributed by atoms with Gasteiger partial charge < -0.3 is 10.1 Å². The molecule has 0 aliphatic heterocycles. The molecule has 13 heavy (non-hydrogen) atoms. The summed E-state index contributed by atoms with van der Waals surface area (Å²) in [6.45, 7) is 3.14. The van der Waals surface area contributed by atoms with E-state index in [1.807, 2.05) is 18.2 Å². The molecule has 0 atom stereocenters. The summed E-state index contributed by atoms with van der Waals surface area (Å²) in [7, 11) is 1.62. The first-order valence-corrected chi connectivity index (χ1v) is 4.61. The van der Waals surface area contributed by atoms with E-state index < -0.39 is 0 Å². The second-order valence-corrected chi connectivity index (χ2v) is 2.85. The molecule has 0 unspecified atom stereocenters. The SMILES string of the molecule is CCCCNc1cccc(OC)n1. The number of aromatic nitrogens is 1. The van der Waals surface area contributed by atoms with Crippen LogP contribution < -0.4 is 10.1 Å². The van der Waals surface area contributed by atoms with Gasteiger partial charge in [-0.15, -0.1) is 0 Å². The van der Waals surface area contributed by atoms with Crippen molar-refractivity contribution in [2.75, 3.05) is 19.0 Å². The Morgan fingerprint density at radius 2 is 2.31 bits per heavy atom. The maximum Gasteiger partial charge on any atom is 0.214 e. The molecular formula is C10H16N2O. The zero-order valence-corrected chi connectivity index (χ0v) is 8.21. The summed E-state index contributed by atoms with van der Waals surface area (Å²) in [5.74, 6) is 1.54. The normalized spacial score (nSPS) is 9.69. The van der Waals surface area contributed by atoms with E-state index in [1.165, 1.54) is 12.8 Å². The largest absolute Gasteiger partial charge is 0.481 e. The topological polar surface area (TPSA) is 34.1 Å². The standard InChI is InChI=1S/C10H16N2O/c1-3-4-8-11-9-6-5-7-10(12-9)13-2/h5-7H,3-4,8H2,1-2H3,(H,11,12). The van der Waals surface area contributed by atoms with E-state index in [1.54, 1.807) is 7.11 Å². The lowest BCUT2D eigenvalue weighted by atomic mass is 10.3. The molecule has 0 radical (unpaired) electrons. The number of anilines is 1. The van der Waals surface area contributed by atoms with Crippen LogP contribution in [0.15, 0.2) is 18.2 Å². The Bertz CT molecular complexity index is 250. The summed E-state index contributed by atoms with van der Waals surface area (Å²) in [5.41, 5.74) is 0. The monoisotopic (exact) mass is 180 g/mol. The highest BCUT2D eigenvalue weighted by atomic mass is 16.5. The Hall–Kier alpha value is -1.25. The Labute approximate surface area is 79.1 Å². The van der Waals surface area contributed by atoms with E-state index >= 15 is 0 Å². The predicted octanol–water partition coefficient (Wildman–Crippen LogP) is 2.30. The van der Waals surface area contributed by atoms with Crippen LogP contribution in [-0.2, 0) is 0 Å². The maximum absolute atomic E-state index is 5.01. The molecule has 0 aromatic carbocycles. The van der Waals surface area contributed by atoms with Gasteiger partial charge in [-0.25, -0.2) is 0 Å². The van der Waals surface area contributed by atoms with Crippen LogP contribution in [0.5, 0.6) is 5.88 Å². The van der Waals surface area contributed by atoms with E-state index in [0.717, 1.165) is 12.4 Å². The second-order valence-electron chi connectivity index (χ2n) is 2.85. The second kappa shape index (κ2) is 5.41. The first kappa shape index (κ1) is 9.84. The zero-order chi connectivity index (χ0) is 9.52. The minimum absolute atomic E-state index is 0.654. The molecule has 0 bridgehead atoms. The van der Waals surface area contributed by atoms with Crippen molar-refractivity contribution in [3.63, 3.8) is 0 Å². The molecule has 0 fully saturated rings. The molecule has 3 heteroatoms. The van der Waals surface area contributed by atoms with Crippen molar-refractivity contribution >= 4 is 5.82 Å². The fourth-order valence-corrected chi connectivity index (χ4v) is 1.02. The van der Waals surface area contributed by atoms with Gasteiger partial charge in [0, 0.05) is 12.6 Å². The van der Waals surface area contributed by atoms with Crippen LogP contribution >= 0.6 is 0 Å². The van der Waals surface area contributed by atoms with E-state index in [2.05, 4.69) is 17.2 Å². The number of unbranched alkanes of at least 4 members (excludes halogenated alkanes) is 1. The molecule has 0 amide bonds. The average molecular weight is 180 g/mol. The number of rotatable bonds is 5. The fourth-order valence-electron chi connectivity index (χ4n) is 1.02. The van der Waals surface area contributed by atoms with Crippen LogP contribution in [-0.4, -0.2) is 18.6 Å². The third kappa shape index (κ3) is 3.32. The molecular weight excluding hydrogens is 164 g/mol. The van der Waals surface area contributed by atoms with Gasteiger partial charge in [0.05, 0.1) is 7.11 Å². The Balaban J connectivity index is 2.46. The van der Waals surface area contributed by atoms with Gasteiger partial charge in [0.15, 0.2) is 0 Å². The van der Waals surface area contributed by atoms with Crippen LogP contribution in [0.2, 0.25) is 0 Å². The first-order chi connectivity index (χ1) is 6.36. The van der Waals surface area contributed by atoms with Crippen LogP contribution in [0.1, 0.15) is 19.8 Å². The number of hydrogen-bond donors (Lipinski definition) is 1. The molecule has 1 N–H and O–H groups in total. The molecule has 0 aliphatic rings. The highest BCUT2D eigenvalue weighted by Crippen LogP contribution is 2.10. The quantitative estimate of drug-likeness (QED) is 0.706. The van der Waals surface area contributed by atoms with Gasteiger partial charge in [-0.2, -0.15) is 4.98 Å². The summed E-state index contributed by atoms with van der Waals surface area (Å²) in [6, 6.07) is 5.71. The molecule has 1 aromatic heterocycles. The number of pyridine rings is 1. The third-order valence-corrected chi connectivity index (χ3v) is 1.77. The van der Waals surface area contributed by atoms with Crippen LogP contribution in [0.3, 0.4) is 0 Å². The zero-order valence-electron chi connectivity index (χ0n) is 8.21. The van der Waals surface area contributed by atoms with Crippen molar-refractivity contribution in [1.82, 2.24) is 4.98 Å².